The van der Waals surface area contributed by atoms with Gasteiger partial charge < -0.3 is 5.32 Å². The molecule has 0 saturated carbocycles. The molecule has 3 atom stereocenters. The Morgan fingerprint density at radius 3 is 2.61 bits per heavy atom. The third-order valence-corrected chi connectivity index (χ3v) is 6.17. The molecule has 1 saturated heterocycles. The largest absolute Gasteiger partial charge is 0.311 e. The van der Waals surface area contributed by atoms with Crippen LogP contribution in [0, 0.1) is 5.92 Å². The van der Waals surface area contributed by atoms with E-state index in [0.29, 0.717) is 31.1 Å². The smallest absolute Gasteiger partial charge is 0.211 e. The highest BCUT2D eigenvalue weighted by atomic mass is 32.2. The fourth-order valence-corrected chi connectivity index (χ4v) is 4.31. The molecule has 0 unspecified atom stereocenters. The van der Waals surface area contributed by atoms with E-state index in [1.54, 1.807) is 4.31 Å². The zero-order chi connectivity index (χ0) is 16.9. The molecule has 1 aromatic carbocycles. The van der Waals surface area contributed by atoms with Gasteiger partial charge in [-0.1, -0.05) is 43.7 Å². The van der Waals surface area contributed by atoms with Crippen molar-refractivity contribution in [3.05, 3.63) is 35.9 Å². The minimum absolute atomic E-state index is 0.401. The molecule has 1 aliphatic rings. The molecule has 1 aliphatic heterocycles. The maximum atomic E-state index is 11.7. The SMILES string of the molecule is CC[C@@H]1CN(S(C)(=O)=O)CC[C@H]1N[C@@H](C)CCc1ccccc1. The Labute approximate surface area is 141 Å². The molecule has 0 bridgehead atoms. The Morgan fingerprint density at radius 1 is 1.30 bits per heavy atom. The number of hydrogen-bond donors (Lipinski definition) is 1. The monoisotopic (exact) mass is 338 g/mol. The zero-order valence-electron chi connectivity index (χ0n) is 14.5. The lowest BCUT2D eigenvalue weighted by Crippen LogP contribution is -2.52. The van der Waals surface area contributed by atoms with Gasteiger partial charge in [0.1, 0.15) is 0 Å². The quantitative estimate of drug-likeness (QED) is 0.831. The highest BCUT2D eigenvalue weighted by Crippen LogP contribution is 2.23. The van der Waals surface area contributed by atoms with Crippen LogP contribution in [0.15, 0.2) is 30.3 Å². The molecular formula is C18H30N2O2S. The lowest BCUT2D eigenvalue weighted by molar-refractivity contribution is 0.191. The molecule has 1 N–H and O–H groups in total. The van der Waals surface area contributed by atoms with Crippen molar-refractivity contribution in [1.29, 1.82) is 0 Å². The van der Waals surface area contributed by atoms with Crippen molar-refractivity contribution in [3.63, 3.8) is 0 Å². The molecule has 0 aliphatic carbocycles. The fourth-order valence-electron chi connectivity index (χ4n) is 3.41. The lowest BCUT2D eigenvalue weighted by Gasteiger charge is -2.38. The summed E-state index contributed by atoms with van der Waals surface area (Å²) in [6.45, 7) is 5.68. The van der Waals surface area contributed by atoms with Crippen LogP contribution < -0.4 is 5.32 Å². The third kappa shape index (κ3) is 5.59. The number of piperidine rings is 1. The van der Waals surface area contributed by atoms with Gasteiger partial charge in [0.15, 0.2) is 0 Å². The Balaban J connectivity index is 1.84. The van der Waals surface area contributed by atoms with Crippen molar-refractivity contribution in [2.24, 2.45) is 5.92 Å². The van der Waals surface area contributed by atoms with Crippen LogP contribution in [0.4, 0.5) is 0 Å². The fraction of sp³-hybridized carbons (Fsp3) is 0.667. The second-order valence-corrected chi connectivity index (χ2v) is 8.76. The molecular weight excluding hydrogens is 308 g/mol. The topological polar surface area (TPSA) is 49.4 Å². The summed E-state index contributed by atoms with van der Waals surface area (Å²) in [5.41, 5.74) is 1.38. The molecule has 0 radical (unpaired) electrons. The van der Waals surface area contributed by atoms with Crippen LogP contribution >= 0.6 is 0 Å². The number of aryl methyl sites for hydroxylation is 1. The standard InChI is InChI=1S/C18H30N2O2S/c1-4-17-14-20(23(3,21)22)13-12-18(17)19-15(2)10-11-16-8-6-5-7-9-16/h5-9,15,17-19H,4,10-14H2,1-3H3/t15-,17+,18+/m0/s1. The van der Waals surface area contributed by atoms with Gasteiger partial charge in [-0.2, -0.15) is 0 Å². The second kappa shape index (κ2) is 8.27. The molecule has 1 aromatic rings. The van der Waals surface area contributed by atoms with Crippen LogP contribution in [0.2, 0.25) is 0 Å². The van der Waals surface area contributed by atoms with Crippen molar-refractivity contribution in [3.8, 4) is 0 Å². The summed E-state index contributed by atoms with van der Waals surface area (Å²) in [5, 5.41) is 3.74. The summed E-state index contributed by atoms with van der Waals surface area (Å²) in [7, 11) is -3.06. The van der Waals surface area contributed by atoms with Gasteiger partial charge in [-0.15, -0.1) is 0 Å². The Bertz CT molecular complexity index is 574. The van der Waals surface area contributed by atoms with Crippen molar-refractivity contribution in [2.45, 2.75) is 51.6 Å². The van der Waals surface area contributed by atoms with E-state index in [4.69, 9.17) is 0 Å². The highest BCUT2D eigenvalue weighted by Gasteiger charge is 2.32. The van der Waals surface area contributed by atoms with E-state index in [1.807, 2.05) is 6.07 Å². The van der Waals surface area contributed by atoms with E-state index >= 15 is 0 Å². The summed E-state index contributed by atoms with van der Waals surface area (Å²) >= 11 is 0. The first kappa shape index (κ1) is 18.4. The highest BCUT2D eigenvalue weighted by molar-refractivity contribution is 7.88. The molecule has 1 heterocycles. The van der Waals surface area contributed by atoms with Crippen molar-refractivity contribution >= 4 is 10.0 Å². The zero-order valence-corrected chi connectivity index (χ0v) is 15.3. The number of sulfonamides is 1. The average Bonchev–Trinajstić information content (AvgIpc) is 2.53. The number of nitrogens with zero attached hydrogens (tertiary/aromatic N) is 1. The van der Waals surface area contributed by atoms with Gasteiger partial charge in [0, 0.05) is 25.2 Å². The van der Waals surface area contributed by atoms with E-state index in [0.717, 1.165) is 25.7 Å². The van der Waals surface area contributed by atoms with Crippen molar-refractivity contribution < 1.29 is 8.42 Å². The normalized spacial score (nSPS) is 24.5. The summed E-state index contributed by atoms with van der Waals surface area (Å²) in [4.78, 5) is 0. The lowest BCUT2D eigenvalue weighted by atomic mass is 9.90. The molecule has 5 heteroatoms. The Kier molecular flexibility index (Phi) is 6.62. The van der Waals surface area contributed by atoms with E-state index in [9.17, 15) is 8.42 Å². The van der Waals surface area contributed by atoms with Crippen LogP contribution in [-0.2, 0) is 16.4 Å². The maximum absolute atomic E-state index is 11.7. The third-order valence-electron chi connectivity index (χ3n) is 4.90. The van der Waals surface area contributed by atoms with E-state index in [1.165, 1.54) is 11.8 Å². The number of nitrogens with one attached hydrogen (secondary N) is 1. The summed E-state index contributed by atoms with van der Waals surface area (Å²) in [6.07, 6.45) is 5.41. The molecule has 1 fully saturated rings. The minimum Gasteiger partial charge on any atom is -0.311 e. The van der Waals surface area contributed by atoms with Crippen LogP contribution in [0.3, 0.4) is 0 Å². The first-order chi connectivity index (χ1) is 10.9. The predicted molar refractivity (Wildman–Crippen MR) is 96.0 cm³/mol. The summed E-state index contributed by atoms with van der Waals surface area (Å²) in [5.74, 6) is 0.401. The predicted octanol–water partition coefficient (Wildman–Crippen LogP) is 2.66. The maximum Gasteiger partial charge on any atom is 0.211 e. The van der Waals surface area contributed by atoms with E-state index < -0.39 is 10.0 Å². The van der Waals surface area contributed by atoms with Gasteiger partial charge in [-0.05, 0) is 37.7 Å². The molecule has 130 valence electrons. The number of hydrogen-bond acceptors (Lipinski definition) is 3. The average molecular weight is 339 g/mol. The summed E-state index contributed by atoms with van der Waals surface area (Å²) in [6, 6.07) is 11.4. The van der Waals surface area contributed by atoms with Gasteiger partial charge in [-0.25, -0.2) is 12.7 Å². The first-order valence-corrected chi connectivity index (χ1v) is 10.5. The van der Waals surface area contributed by atoms with Gasteiger partial charge in [0.05, 0.1) is 6.26 Å². The van der Waals surface area contributed by atoms with Gasteiger partial charge >= 0.3 is 0 Å². The van der Waals surface area contributed by atoms with Crippen molar-refractivity contribution in [1.82, 2.24) is 9.62 Å². The van der Waals surface area contributed by atoms with Gasteiger partial charge in [0.25, 0.3) is 0 Å². The van der Waals surface area contributed by atoms with Crippen molar-refractivity contribution in [2.75, 3.05) is 19.3 Å². The Hall–Kier alpha value is -0.910. The molecule has 0 aromatic heterocycles. The first-order valence-electron chi connectivity index (χ1n) is 8.65. The second-order valence-electron chi connectivity index (χ2n) is 6.78. The molecule has 4 nitrogen and oxygen atoms in total. The van der Waals surface area contributed by atoms with Crippen LogP contribution in [0.25, 0.3) is 0 Å². The number of benzene rings is 1. The van der Waals surface area contributed by atoms with E-state index in [2.05, 4.69) is 43.4 Å². The van der Waals surface area contributed by atoms with Gasteiger partial charge in [-0.3, -0.25) is 0 Å². The molecule has 2 rings (SSSR count). The number of rotatable bonds is 7. The van der Waals surface area contributed by atoms with Gasteiger partial charge in [0.2, 0.25) is 10.0 Å². The van der Waals surface area contributed by atoms with Crippen LogP contribution in [0.1, 0.15) is 38.7 Å². The van der Waals surface area contributed by atoms with Crippen LogP contribution in [-0.4, -0.2) is 44.2 Å². The molecule has 0 spiro atoms. The molecule has 0 amide bonds. The van der Waals surface area contributed by atoms with Crippen LogP contribution in [0.5, 0.6) is 0 Å². The summed E-state index contributed by atoms with van der Waals surface area (Å²) < 4.78 is 25.1. The Morgan fingerprint density at radius 2 is 2.00 bits per heavy atom. The minimum atomic E-state index is -3.06. The van der Waals surface area contributed by atoms with E-state index in [-0.39, 0.29) is 0 Å². The molecule has 23 heavy (non-hydrogen) atoms.